The van der Waals surface area contributed by atoms with Crippen LogP contribution in [0.1, 0.15) is 39.5 Å². The molecule has 0 saturated carbocycles. The van der Waals surface area contributed by atoms with E-state index in [0.717, 1.165) is 58.5 Å². The Labute approximate surface area is 110 Å². The van der Waals surface area contributed by atoms with Gasteiger partial charge in [-0.25, -0.2) is 0 Å². The number of amides is 1. The number of hydrogen-bond acceptors (Lipinski definition) is 3. The molecule has 0 aliphatic carbocycles. The van der Waals surface area contributed by atoms with E-state index in [4.69, 9.17) is 4.74 Å². The molecule has 2 saturated heterocycles. The predicted molar refractivity (Wildman–Crippen MR) is 71.4 cm³/mol. The molecule has 4 heteroatoms. The van der Waals surface area contributed by atoms with Crippen molar-refractivity contribution >= 4 is 5.91 Å². The van der Waals surface area contributed by atoms with Crippen LogP contribution in [0.2, 0.25) is 0 Å². The fourth-order valence-electron chi connectivity index (χ4n) is 3.01. The summed E-state index contributed by atoms with van der Waals surface area (Å²) in [6.07, 6.45) is 4.59. The summed E-state index contributed by atoms with van der Waals surface area (Å²) in [5, 5.41) is 3.35. The largest absolute Gasteiger partial charge is 0.376 e. The molecule has 2 aliphatic heterocycles. The van der Waals surface area contributed by atoms with Gasteiger partial charge in [-0.15, -0.1) is 0 Å². The molecule has 1 amide bonds. The lowest BCUT2D eigenvalue weighted by atomic mass is 9.81. The Morgan fingerprint density at radius 1 is 1.50 bits per heavy atom. The van der Waals surface area contributed by atoms with Crippen LogP contribution in [0.5, 0.6) is 0 Å². The van der Waals surface area contributed by atoms with E-state index in [9.17, 15) is 4.79 Å². The second-order valence-electron chi connectivity index (χ2n) is 5.82. The second kappa shape index (κ2) is 6.02. The molecular formula is C14H26N2O2. The first-order chi connectivity index (χ1) is 8.65. The molecule has 0 aromatic rings. The lowest BCUT2D eigenvalue weighted by molar-refractivity contribution is -0.143. The first-order valence-corrected chi connectivity index (χ1v) is 7.27. The van der Waals surface area contributed by atoms with E-state index in [1.807, 2.05) is 4.90 Å². The SMILES string of the molecule is CCN(CC1CCCO1)C(=O)C1(C)CCCNC1. The molecule has 1 N–H and O–H groups in total. The predicted octanol–water partition coefficient (Wildman–Crippen LogP) is 1.40. The van der Waals surface area contributed by atoms with Crippen LogP contribution < -0.4 is 5.32 Å². The Balaban J connectivity index is 1.95. The normalized spacial score (nSPS) is 32.4. The summed E-state index contributed by atoms with van der Waals surface area (Å²) in [4.78, 5) is 14.7. The zero-order valence-electron chi connectivity index (χ0n) is 11.7. The standard InChI is InChI=1S/C14H26N2O2/c1-3-16(10-12-6-4-9-18-12)13(17)14(2)7-5-8-15-11-14/h12,15H,3-11H2,1-2H3. The topological polar surface area (TPSA) is 41.6 Å². The molecule has 18 heavy (non-hydrogen) atoms. The fraction of sp³-hybridized carbons (Fsp3) is 0.929. The van der Waals surface area contributed by atoms with Crippen molar-refractivity contribution in [3.05, 3.63) is 0 Å². The van der Waals surface area contributed by atoms with Crippen molar-refractivity contribution in [2.75, 3.05) is 32.8 Å². The molecule has 0 radical (unpaired) electrons. The van der Waals surface area contributed by atoms with Crippen molar-refractivity contribution in [2.45, 2.75) is 45.6 Å². The van der Waals surface area contributed by atoms with Crippen molar-refractivity contribution in [1.29, 1.82) is 0 Å². The summed E-state index contributed by atoms with van der Waals surface area (Å²) in [6, 6.07) is 0. The third-order valence-corrected chi connectivity index (χ3v) is 4.23. The third-order valence-electron chi connectivity index (χ3n) is 4.23. The van der Waals surface area contributed by atoms with Crippen molar-refractivity contribution in [1.82, 2.24) is 10.2 Å². The highest BCUT2D eigenvalue weighted by atomic mass is 16.5. The first-order valence-electron chi connectivity index (χ1n) is 7.27. The lowest BCUT2D eigenvalue weighted by Gasteiger charge is -2.37. The van der Waals surface area contributed by atoms with E-state index >= 15 is 0 Å². The highest BCUT2D eigenvalue weighted by molar-refractivity contribution is 5.82. The zero-order chi connectivity index (χ0) is 13.0. The van der Waals surface area contributed by atoms with Crippen LogP contribution >= 0.6 is 0 Å². The summed E-state index contributed by atoms with van der Waals surface area (Å²) >= 11 is 0. The number of nitrogens with one attached hydrogen (secondary N) is 1. The van der Waals surface area contributed by atoms with E-state index in [1.54, 1.807) is 0 Å². The number of hydrogen-bond donors (Lipinski definition) is 1. The smallest absolute Gasteiger partial charge is 0.229 e. The maximum absolute atomic E-state index is 12.7. The maximum atomic E-state index is 12.7. The van der Waals surface area contributed by atoms with Gasteiger partial charge in [-0.05, 0) is 46.1 Å². The lowest BCUT2D eigenvalue weighted by Crippen LogP contribution is -2.51. The van der Waals surface area contributed by atoms with Crippen LogP contribution in [-0.4, -0.2) is 49.7 Å². The monoisotopic (exact) mass is 254 g/mol. The minimum absolute atomic E-state index is 0.215. The van der Waals surface area contributed by atoms with Gasteiger partial charge in [0.05, 0.1) is 11.5 Å². The molecule has 0 spiro atoms. The summed E-state index contributed by atoms with van der Waals surface area (Å²) in [7, 11) is 0. The minimum atomic E-state index is -0.215. The van der Waals surface area contributed by atoms with Gasteiger partial charge in [0.15, 0.2) is 0 Å². The Kier molecular flexibility index (Phi) is 4.62. The second-order valence-corrected chi connectivity index (χ2v) is 5.82. The van der Waals surface area contributed by atoms with Crippen LogP contribution in [0.15, 0.2) is 0 Å². The van der Waals surface area contributed by atoms with Gasteiger partial charge in [0.1, 0.15) is 0 Å². The van der Waals surface area contributed by atoms with Gasteiger partial charge in [0.25, 0.3) is 0 Å². The highest BCUT2D eigenvalue weighted by Crippen LogP contribution is 2.28. The number of ether oxygens (including phenoxy) is 1. The molecule has 0 bridgehead atoms. The summed E-state index contributed by atoms with van der Waals surface area (Å²) in [5.41, 5.74) is -0.215. The zero-order valence-corrected chi connectivity index (χ0v) is 11.7. The van der Waals surface area contributed by atoms with Crippen LogP contribution in [-0.2, 0) is 9.53 Å². The number of carbonyl (C=O) groups is 1. The van der Waals surface area contributed by atoms with Gasteiger partial charge in [-0.3, -0.25) is 4.79 Å². The average molecular weight is 254 g/mol. The molecule has 104 valence electrons. The van der Waals surface area contributed by atoms with Gasteiger partial charge in [0.2, 0.25) is 5.91 Å². The number of likely N-dealkylation sites (N-methyl/N-ethyl adjacent to an activating group) is 1. The molecular weight excluding hydrogens is 228 g/mol. The van der Waals surface area contributed by atoms with E-state index < -0.39 is 0 Å². The van der Waals surface area contributed by atoms with Gasteiger partial charge >= 0.3 is 0 Å². The maximum Gasteiger partial charge on any atom is 0.229 e. The van der Waals surface area contributed by atoms with Crippen molar-refractivity contribution < 1.29 is 9.53 Å². The van der Waals surface area contributed by atoms with Crippen molar-refractivity contribution in [3.63, 3.8) is 0 Å². The number of nitrogens with zero attached hydrogens (tertiary/aromatic N) is 1. The molecule has 2 aliphatic rings. The summed E-state index contributed by atoms with van der Waals surface area (Å²) in [5.74, 6) is 0.299. The molecule has 2 atom stereocenters. The van der Waals surface area contributed by atoms with E-state index in [0.29, 0.717) is 5.91 Å². The summed E-state index contributed by atoms with van der Waals surface area (Å²) < 4.78 is 5.65. The minimum Gasteiger partial charge on any atom is -0.376 e. The molecule has 0 aromatic heterocycles. The van der Waals surface area contributed by atoms with Crippen molar-refractivity contribution in [3.8, 4) is 0 Å². The molecule has 0 aromatic carbocycles. The van der Waals surface area contributed by atoms with Gasteiger partial charge in [-0.1, -0.05) is 0 Å². The Hall–Kier alpha value is -0.610. The number of carbonyl (C=O) groups excluding carboxylic acids is 1. The van der Waals surface area contributed by atoms with Gasteiger partial charge in [-0.2, -0.15) is 0 Å². The van der Waals surface area contributed by atoms with E-state index in [1.165, 1.54) is 0 Å². The van der Waals surface area contributed by atoms with Crippen LogP contribution in [0.25, 0.3) is 0 Å². The summed E-state index contributed by atoms with van der Waals surface area (Å²) in [6.45, 7) is 8.43. The number of piperidine rings is 1. The van der Waals surface area contributed by atoms with Crippen LogP contribution in [0, 0.1) is 5.41 Å². The molecule has 2 rings (SSSR count). The van der Waals surface area contributed by atoms with Gasteiger partial charge in [0, 0.05) is 26.2 Å². The van der Waals surface area contributed by atoms with E-state index in [2.05, 4.69) is 19.2 Å². The van der Waals surface area contributed by atoms with E-state index in [-0.39, 0.29) is 11.5 Å². The number of rotatable bonds is 4. The molecule has 2 unspecified atom stereocenters. The molecule has 2 fully saturated rings. The van der Waals surface area contributed by atoms with Gasteiger partial charge < -0.3 is 15.0 Å². The Bertz CT molecular complexity index is 282. The fourth-order valence-corrected chi connectivity index (χ4v) is 3.01. The quantitative estimate of drug-likeness (QED) is 0.824. The average Bonchev–Trinajstić information content (AvgIpc) is 2.89. The van der Waals surface area contributed by atoms with Crippen molar-refractivity contribution in [2.24, 2.45) is 5.41 Å². The van der Waals surface area contributed by atoms with Crippen LogP contribution in [0.3, 0.4) is 0 Å². The van der Waals surface area contributed by atoms with Crippen LogP contribution in [0.4, 0.5) is 0 Å². The third kappa shape index (κ3) is 3.04. The highest BCUT2D eigenvalue weighted by Gasteiger charge is 2.38. The Morgan fingerprint density at radius 3 is 2.89 bits per heavy atom. The molecule has 4 nitrogen and oxygen atoms in total. The molecule has 2 heterocycles. The first kappa shape index (κ1) is 13.8. The Morgan fingerprint density at radius 2 is 2.33 bits per heavy atom.